The smallest absolute Gasteiger partial charge is 0.191 e. The van der Waals surface area contributed by atoms with Gasteiger partial charge in [0.05, 0.1) is 13.1 Å². The number of aryl methyl sites for hydroxylation is 2. The molecule has 0 bridgehead atoms. The number of benzene rings is 1. The van der Waals surface area contributed by atoms with Gasteiger partial charge in [0.2, 0.25) is 0 Å². The zero-order valence-electron chi connectivity index (χ0n) is 15.5. The fourth-order valence-corrected chi connectivity index (χ4v) is 2.95. The quantitative estimate of drug-likeness (QED) is 0.398. The number of para-hydroxylation sites is 1. The van der Waals surface area contributed by atoms with E-state index in [4.69, 9.17) is 4.74 Å². The maximum Gasteiger partial charge on any atom is 0.191 e. The number of rotatable bonds is 5. The van der Waals surface area contributed by atoms with Crippen molar-refractivity contribution in [3.05, 3.63) is 42.0 Å². The number of hydrogen-bond acceptors (Lipinski definition) is 4. The number of nitrogens with one attached hydrogen (secondary N) is 2. The zero-order chi connectivity index (χ0) is 17.6. The summed E-state index contributed by atoms with van der Waals surface area (Å²) in [6.45, 7) is 5.46. The fourth-order valence-electron chi connectivity index (χ4n) is 2.95. The van der Waals surface area contributed by atoms with E-state index >= 15 is 0 Å². The number of nitrogens with zero attached hydrogens (tertiary/aromatic N) is 4. The lowest BCUT2D eigenvalue weighted by Gasteiger charge is -2.26. The molecule has 26 heavy (non-hydrogen) atoms. The SMILES string of the molecule is CN=C(NCC(C)Oc1ccccc1)NC1CCc2nc(C)nn2C1.I. The molecule has 2 unspecified atom stereocenters. The Morgan fingerprint density at radius 1 is 1.38 bits per heavy atom. The summed E-state index contributed by atoms with van der Waals surface area (Å²) in [5.41, 5.74) is 0. The maximum atomic E-state index is 5.88. The predicted octanol–water partition coefficient (Wildman–Crippen LogP) is 2.15. The predicted molar refractivity (Wildman–Crippen MR) is 113 cm³/mol. The van der Waals surface area contributed by atoms with Crippen LogP contribution < -0.4 is 15.4 Å². The van der Waals surface area contributed by atoms with E-state index in [0.717, 1.165) is 42.7 Å². The summed E-state index contributed by atoms with van der Waals surface area (Å²) in [4.78, 5) is 8.76. The van der Waals surface area contributed by atoms with Gasteiger partial charge in [0.15, 0.2) is 5.96 Å². The van der Waals surface area contributed by atoms with Crippen LogP contribution in [0.5, 0.6) is 5.75 Å². The van der Waals surface area contributed by atoms with Crippen LogP contribution in [0.15, 0.2) is 35.3 Å². The van der Waals surface area contributed by atoms with Gasteiger partial charge in [-0.2, -0.15) is 5.10 Å². The second kappa shape index (κ2) is 9.75. The molecule has 1 aliphatic heterocycles. The molecule has 142 valence electrons. The molecule has 0 saturated heterocycles. The Morgan fingerprint density at radius 3 is 2.88 bits per heavy atom. The Kier molecular flexibility index (Phi) is 7.67. The molecule has 8 heteroatoms. The average Bonchev–Trinajstić information content (AvgIpc) is 2.98. The highest BCUT2D eigenvalue weighted by Crippen LogP contribution is 2.13. The van der Waals surface area contributed by atoms with E-state index in [1.807, 2.05) is 48.9 Å². The monoisotopic (exact) mass is 470 g/mol. The van der Waals surface area contributed by atoms with Gasteiger partial charge < -0.3 is 15.4 Å². The number of aromatic nitrogens is 3. The molecule has 7 nitrogen and oxygen atoms in total. The number of fused-ring (bicyclic) bond motifs is 1. The van der Waals surface area contributed by atoms with E-state index in [0.29, 0.717) is 12.6 Å². The van der Waals surface area contributed by atoms with E-state index in [1.54, 1.807) is 7.05 Å². The highest BCUT2D eigenvalue weighted by Gasteiger charge is 2.21. The first kappa shape index (κ1) is 20.5. The van der Waals surface area contributed by atoms with Crippen molar-refractivity contribution < 1.29 is 4.74 Å². The van der Waals surface area contributed by atoms with E-state index in [1.165, 1.54) is 0 Å². The van der Waals surface area contributed by atoms with Crippen LogP contribution in [0.3, 0.4) is 0 Å². The summed E-state index contributed by atoms with van der Waals surface area (Å²) >= 11 is 0. The molecule has 1 aromatic carbocycles. The van der Waals surface area contributed by atoms with Crippen molar-refractivity contribution in [3.63, 3.8) is 0 Å². The molecule has 0 amide bonds. The molecule has 0 aliphatic carbocycles. The highest BCUT2D eigenvalue weighted by atomic mass is 127. The van der Waals surface area contributed by atoms with Gasteiger partial charge in [-0.25, -0.2) is 9.67 Å². The molecule has 3 rings (SSSR count). The summed E-state index contributed by atoms with van der Waals surface area (Å²) in [6, 6.07) is 10.1. The van der Waals surface area contributed by atoms with Crippen molar-refractivity contribution in [1.29, 1.82) is 0 Å². The Bertz CT molecular complexity index is 718. The molecular formula is C18H27IN6O. The van der Waals surface area contributed by atoms with Crippen LogP contribution >= 0.6 is 24.0 Å². The Hall–Kier alpha value is -1.84. The minimum atomic E-state index is 0. The Labute approximate surface area is 171 Å². The molecular weight excluding hydrogens is 443 g/mol. The third-order valence-electron chi connectivity index (χ3n) is 4.17. The van der Waals surface area contributed by atoms with Crippen LogP contribution in [-0.2, 0) is 13.0 Å². The van der Waals surface area contributed by atoms with E-state index in [9.17, 15) is 0 Å². The van der Waals surface area contributed by atoms with Crippen molar-refractivity contribution in [2.45, 2.75) is 45.4 Å². The van der Waals surface area contributed by atoms with Crippen molar-refractivity contribution in [2.24, 2.45) is 4.99 Å². The van der Waals surface area contributed by atoms with E-state index in [2.05, 4.69) is 25.7 Å². The third kappa shape index (κ3) is 5.58. The summed E-state index contributed by atoms with van der Waals surface area (Å²) in [7, 11) is 1.78. The van der Waals surface area contributed by atoms with Gasteiger partial charge in [-0.3, -0.25) is 4.99 Å². The first-order valence-corrected chi connectivity index (χ1v) is 8.73. The summed E-state index contributed by atoms with van der Waals surface area (Å²) in [5, 5.41) is 11.2. The van der Waals surface area contributed by atoms with Gasteiger partial charge in [0.25, 0.3) is 0 Å². The zero-order valence-corrected chi connectivity index (χ0v) is 17.8. The number of halogens is 1. The van der Waals surface area contributed by atoms with Crippen LogP contribution in [0, 0.1) is 6.92 Å². The van der Waals surface area contributed by atoms with Crippen LogP contribution in [0.1, 0.15) is 25.0 Å². The normalized spacial score (nSPS) is 17.7. The largest absolute Gasteiger partial charge is 0.489 e. The van der Waals surface area contributed by atoms with Crippen LogP contribution in [0.4, 0.5) is 0 Å². The van der Waals surface area contributed by atoms with Gasteiger partial charge in [-0.1, -0.05) is 18.2 Å². The van der Waals surface area contributed by atoms with Crippen molar-refractivity contribution >= 4 is 29.9 Å². The second-order valence-corrected chi connectivity index (χ2v) is 6.33. The standard InChI is InChI=1S/C18H26N6O.HI/c1-13(25-16-7-5-4-6-8-16)11-20-18(19-3)22-15-9-10-17-21-14(2)23-24(17)12-15;/h4-8,13,15H,9-12H2,1-3H3,(H2,19,20,22);1H. The fraction of sp³-hybridized carbons (Fsp3) is 0.500. The summed E-state index contributed by atoms with van der Waals surface area (Å²) < 4.78 is 7.87. The Morgan fingerprint density at radius 2 is 2.15 bits per heavy atom. The number of ether oxygens (including phenoxy) is 1. The number of guanidine groups is 1. The van der Waals surface area contributed by atoms with Gasteiger partial charge in [-0.15, -0.1) is 24.0 Å². The minimum Gasteiger partial charge on any atom is -0.489 e. The molecule has 0 radical (unpaired) electrons. The molecule has 0 spiro atoms. The number of aliphatic imine (C=N–C) groups is 1. The lowest BCUT2D eigenvalue weighted by molar-refractivity contribution is 0.223. The van der Waals surface area contributed by atoms with E-state index < -0.39 is 0 Å². The summed E-state index contributed by atoms with van der Waals surface area (Å²) in [6.07, 6.45) is 2.00. The lowest BCUT2D eigenvalue weighted by Crippen LogP contribution is -2.48. The van der Waals surface area contributed by atoms with Crippen LogP contribution in [-0.4, -0.2) is 46.5 Å². The highest BCUT2D eigenvalue weighted by molar-refractivity contribution is 14.0. The molecule has 0 saturated carbocycles. The molecule has 0 fully saturated rings. The van der Waals surface area contributed by atoms with Gasteiger partial charge >= 0.3 is 0 Å². The molecule has 2 aromatic rings. The molecule has 1 aliphatic rings. The Balaban J connectivity index is 0.00000243. The van der Waals surface area contributed by atoms with Gasteiger partial charge in [0, 0.05) is 19.5 Å². The minimum absolute atomic E-state index is 0. The first-order valence-electron chi connectivity index (χ1n) is 8.73. The number of hydrogen-bond donors (Lipinski definition) is 2. The van der Waals surface area contributed by atoms with Gasteiger partial charge in [-0.05, 0) is 32.4 Å². The summed E-state index contributed by atoms with van der Waals surface area (Å²) in [5.74, 6) is 3.57. The lowest BCUT2D eigenvalue weighted by atomic mass is 10.1. The van der Waals surface area contributed by atoms with Crippen LogP contribution in [0.25, 0.3) is 0 Å². The molecule has 2 heterocycles. The topological polar surface area (TPSA) is 76.4 Å². The van der Waals surface area contributed by atoms with Gasteiger partial charge in [0.1, 0.15) is 23.5 Å². The molecule has 2 N–H and O–H groups in total. The second-order valence-electron chi connectivity index (χ2n) is 6.33. The van der Waals surface area contributed by atoms with Crippen molar-refractivity contribution in [1.82, 2.24) is 25.4 Å². The van der Waals surface area contributed by atoms with Crippen molar-refractivity contribution in [2.75, 3.05) is 13.6 Å². The molecule has 1 aromatic heterocycles. The molecule has 2 atom stereocenters. The third-order valence-corrected chi connectivity index (χ3v) is 4.17. The van der Waals surface area contributed by atoms with Crippen molar-refractivity contribution in [3.8, 4) is 5.75 Å². The maximum absolute atomic E-state index is 5.88. The first-order chi connectivity index (χ1) is 12.1. The average molecular weight is 470 g/mol. The van der Waals surface area contributed by atoms with Crippen LogP contribution in [0.2, 0.25) is 0 Å². The van der Waals surface area contributed by atoms with E-state index in [-0.39, 0.29) is 30.1 Å².